The first-order valence-corrected chi connectivity index (χ1v) is 5.42. The average Bonchev–Trinajstić information content (AvgIpc) is 2.26. The highest BCUT2D eigenvalue weighted by Crippen LogP contribution is 2.23. The van der Waals surface area contributed by atoms with Crippen LogP contribution in [-0.4, -0.2) is 17.7 Å². The molecule has 0 aliphatic heterocycles. The molecule has 1 fully saturated rings. The third-order valence-corrected chi connectivity index (χ3v) is 2.67. The van der Waals surface area contributed by atoms with E-state index in [4.69, 9.17) is 11.6 Å². The normalized spacial score (nSPS) is 17.5. The Morgan fingerprint density at radius 2 is 1.79 bits per heavy atom. The van der Waals surface area contributed by atoms with E-state index in [-0.39, 0.29) is 23.6 Å². The molecule has 2 amide bonds. The molecule has 2 N–H and O–H groups in total. The minimum atomic E-state index is -0.379. The summed E-state index contributed by atoms with van der Waals surface area (Å²) in [7, 11) is 0. The predicted molar refractivity (Wildman–Crippen MR) is 53.6 cm³/mol. The van der Waals surface area contributed by atoms with Crippen molar-refractivity contribution in [2.24, 2.45) is 5.92 Å². The number of amides is 2. The molecule has 14 heavy (non-hydrogen) atoms. The first-order chi connectivity index (χ1) is 6.74. The first-order valence-electron chi connectivity index (χ1n) is 4.88. The van der Waals surface area contributed by atoms with Gasteiger partial charge in [0, 0.05) is 5.92 Å². The molecule has 0 radical (unpaired) electrons. The smallest absolute Gasteiger partial charge is 0.253 e. The van der Waals surface area contributed by atoms with E-state index in [1.807, 2.05) is 0 Å². The second kappa shape index (κ2) is 5.86. The highest BCUT2D eigenvalue weighted by atomic mass is 35.5. The van der Waals surface area contributed by atoms with Gasteiger partial charge in [0.15, 0.2) is 0 Å². The fraction of sp³-hybridized carbons (Fsp3) is 0.778. The lowest BCUT2D eigenvalue weighted by atomic mass is 9.89. The Kier molecular flexibility index (Phi) is 4.73. The maximum atomic E-state index is 11.4. The Morgan fingerprint density at radius 1 is 1.14 bits per heavy atom. The van der Waals surface area contributed by atoms with E-state index in [2.05, 4.69) is 10.9 Å². The van der Waals surface area contributed by atoms with Crippen LogP contribution in [-0.2, 0) is 9.59 Å². The minimum absolute atomic E-state index is 0.0550. The number of hydrogen-bond donors (Lipinski definition) is 2. The molecule has 1 saturated carbocycles. The Bertz CT molecular complexity index is 215. The molecule has 0 spiro atoms. The summed E-state index contributed by atoms with van der Waals surface area (Å²) in [4.78, 5) is 22.2. The largest absolute Gasteiger partial charge is 0.273 e. The van der Waals surface area contributed by atoms with Gasteiger partial charge in [-0.25, -0.2) is 0 Å². The summed E-state index contributed by atoms with van der Waals surface area (Å²) in [6, 6.07) is 0. The van der Waals surface area contributed by atoms with Crippen molar-refractivity contribution in [1.82, 2.24) is 10.9 Å². The molecule has 5 heteroatoms. The highest BCUT2D eigenvalue weighted by Gasteiger charge is 2.20. The van der Waals surface area contributed by atoms with Crippen molar-refractivity contribution < 1.29 is 9.59 Å². The number of carbonyl (C=O) groups excluding carboxylic acids is 2. The van der Waals surface area contributed by atoms with Gasteiger partial charge in [0.2, 0.25) is 5.91 Å². The molecule has 1 aliphatic carbocycles. The van der Waals surface area contributed by atoms with Crippen molar-refractivity contribution in [2.75, 3.05) is 5.88 Å². The Labute approximate surface area is 88.3 Å². The molecule has 1 rings (SSSR count). The van der Waals surface area contributed by atoms with Crippen molar-refractivity contribution in [3.8, 4) is 0 Å². The zero-order valence-electron chi connectivity index (χ0n) is 8.01. The number of rotatable bonds is 2. The van der Waals surface area contributed by atoms with Gasteiger partial charge in [0.25, 0.3) is 5.91 Å². The van der Waals surface area contributed by atoms with Crippen LogP contribution in [0.25, 0.3) is 0 Å². The highest BCUT2D eigenvalue weighted by molar-refractivity contribution is 6.27. The number of carbonyl (C=O) groups is 2. The van der Waals surface area contributed by atoms with Crippen LogP contribution in [0.4, 0.5) is 0 Å². The molecule has 0 atom stereocenters. The second-order valence-electron chi connectivity index (χ2n) is 3.51. The number of hydrogen-bond acceptors (Lipinski definition) is 2. The van der Waals surface area contributed by atoms with Crippen molar-refractivity contribution in [1.29, 1.82) is 0 Å². The van der Waals surface area contributed by atoms with Crippen LogP contribution in [0.5, 0.6) is 0 Å². The molecule has 4 nitrogen and oxygen atoms in total. The van der Waals surface area contributed by atoms with Gasteiger partial charge in [-0.1, -0.05) is 19.3 Å². The van der Waals surface area contributed by atoms with Gasteiger partial charge in [-0.05, 0) is 12.8 Å². The monoisotopic (exact) mass is 218 g/mol. The molecule has 0 heterocycles. The zero-order valence-corrected chi connectivity index (χ0v) is 8.77. The summed E-state index contributed by atoms with van der Waals surface area (Å²) in [5.41, 5.74) is 4.64. The van der Waals surface area contributed by atoms with Gasteiger partial charge >= 0.3 is 0 Å². The van der Waals surface area contributed by atoms with Gasteiger partial charge in [0.1, 0.15) is 5.88 Å². The van der Waals surface area contributed by atoms with Crippen molar-refractivity contribution in [3.05, 3.63) is 0 Å². The molecule has 0 unspecified atom stereocenters. The average molecular weight is 219 g/mol. The van der Waals surface area contributed by atoms with E-state index in [1.54, 1.807) is 0 Å². The molecule has 0 aromatic carbocycles. The Hall–Kier alpha value is -0.770. The van der Waals surface area contributed by atoms with E-state index in [0.29, 0.717) is 0 Å². The van der Waals surface area contributed by atoms with Crippen LogP contribution in [0.2, 0.25) is 0 Å². The van der Waals surface area contributed by atoms with E-state index in [0.717, 1.165) is 25.7 Å². The maximum Gasteiger partial charge on any atom is 0.253 e. The zero-order chi connectivity index (χ0) is 10.4. The van der Waals surface area contributed by atoms with Crippen LogP contribution in [0, 0.1) is 5.92 Å². The van der Waals surface area contributed by atoms with E-state index >= 15 is 0 Å². The SMILES string of the molecule is O=C(CCl)NNC(=O)C1CCCCC1. The summed E-state index contributed by atoms with van der Waals surface area (Å²) in [6.45, 7) is 0. The van der Waals surface area contributed by atoms with Crippen molar-refractivity contribution in [3.63, 3.8) is 0 Å². The van der Waals surface area contributed by atoms with Crippen LogP contribution in [0.15, 0.2) is 0 Å². The van der Waals surface area contributed by atoms with Gasteiger partial charge in [-0.2, -0.15) is 0 Å². The topological polar surface area (TPSA) is 58.2 Å². The number of nitrogens with one attached hydrogen (secondary N) is 2. The minimum Gasteiger partial charge on any atom is -0.273 e. The van der Waals surface area contributed by atoms with Crippen LogP contribution in [0.3, 0.4) is 0 Å². The van der Waals surface area contributed by atoms with Gasteiger partial charge in [0.05, 0.1) is 0 Å². The predicted octanol–water partition coefficient (Wildman–Crippen LogP) is 0.953. The molecule has 0 aromatic rings. The summed E-state index contributed by atoms with van der Waals surface area (Å²) < 4.78 is 0. The lowest BCUT2D eigenvalue weighted by molar-refractivity contribution is -0.131. The Balaban J connectivity index is 2.23. The fourth-order valence-corrected chi connectivity index (χ4v) is 1.70. The second-order valence-corrected chi connectivity index (χ2v) is 3.77. The third kappa shape index (κ3) is 3.54. The molecule has 0 bridgehead atoms. The standard InChI is InChI=1S/C9H15ClN2O2/c10-6-8(13)11-12-9(14)7-4-2-1-3-5-7/h7H,1-6H2,(H,11,13)(H,12,14). The van der Waals surface area contributed by atoms with Crippen molar-refractivity contribution >= 4 is 23.4 Å². The summed E-state index contributed by atoms with van der Waals surface area (Å²) in [5.74, 6) is -0.552. The van der Waals surface area contributed by atoms with Crippen molar-refractivity contribution in [2.45, 2.75) is 32.1 Å². The summed E-state index contributed by atoms with van der Waals surface area (Å²) in [6.07, 6.45) is 5.24. The fourth-order valence-electron chi connectivity index (χ4n) is 1.63. The lowest BCUT2D eigenvalue weighted by Gasteiger charge is -2.20. The maximum absolute atomic E-state index is 11.4. The van der Waals surface area contributed by atoms with E-state index < -0.39 is 0 Å². The number of hydrazine groups is 1. The van der Waals surface area contributed by atoms with Crippen LogP contribution >= 0.6 is 11.6 Å². The summed E-state index contributed by atoms with van der Waals surface area (Å²) in [5, 5.41) is 0. The quantitative estimate of drug-likeness (QED) is 0.536. The van der Waals surface area contributed by atoms with Crippen LogP contribution in [0.1, 0.15) is 32.1 Å². The van der Waals surface area contributed by atoms with Crippen LogP contribution < -0.4 is 10.9 Å². The first kappa shape index (κ1) is 11.3. The van der Waals surface area contributed by atoms with Gasteiger partial charge in [-0.15, -0.1) is 11.6 Å². The molecule has 80 valence electrons. The third-order valence-electron chi connectivity index (χ3n) is 2.42. The molecule has 0 aromatic heterocycles. The molecule has 0 saturated heterocycles. The van der Waals surface area contributed by atoms with E-state index in [1.165, 1.54) is 6.42 Å². The number of alkyl halides is 1. The Morgan fingerprint density at radius 3 is 2.36 bits per heavy atom. The number of halogens is 1. The summed E-state index contributed by atoms with van der Waals surface area (Å²) >= 11 is 5.26. The van der Waals surface area contributed by atoms with Gasteiger partial charge in [-0.3, -0.25) is 20.4 Å². The van der Waals surface area contributed by atoms with E-state index in [9.17, 15) is 9.59 Å². The molecular formula is C9H15ClN2O2. The van der Waals surface area contributed by atoms with Gasteiger partial charge < -0.3 is 0 Å². The lowest BCUT2D eigenvalue weighted by Crippen LogP contribution is -2.45. The molecular weight excluding hydrogens is 204 g/mol. The molecule has 1 aliphatic rings.